The number of ether oxygens (including phenoxy) is 2. The fourth-order valence-corrected chi connectivity index (χ4v) is 7.63. The molecule has 2 aromatic carbocycles. The van der Waals surface area contributed by atoms with Crippen molar-refractivity contribution in [2.75, 3.05) is 41.0 Å². The van der Waals surface area contributed by atoms with Gasteiger partial charge in [-0.05, 0) is 88.4 Å². The zero-order valence-electron chi connectivity index (χ0n) is 22.7. The third-order valence-corrected chi connectivity index (χ3v) is 9.78. The van der Waals surface area contributed by atoms with E-state index in [0.29, 0.717) is 24.3 Å². The van der Waals surface area contributed by atoms with Crippen LogP contribution in [0.15, 0.2) is 59.5 Å². The van der Waals surface area contributed by atoms with Gasteiger partial charge < -0.3 is 19.7 Å². The zero-order chi connectivity index (χ0) is 27.1. The van der Waals surface area contributed by atoms with E-state index in [-0.39, 0.29) is 36.1 Å². The molecule has 1 saturated carbocycles. The fourth-order valence-electron chi connectivity index (χ4n) is 5.95. The molecule has 0 radical (unpaired) electrons. The Morgan fingerprint density at radius 2 is 1.71 bits per heavy atom. The normalized spacial score (nSPS) is 23.3. The summed E-state index contributed by atoms with van der Waals surface area (Å²) in [5.41, 5.74) is 1.34. The molecule has 1 aliphatic heterocycles. The second-order valence-corrected chi connectivity index (χ2v) is 12.5. The Morgan fingerprint density at radius 3 is 2.34 bits per heavy atom. The van der Waals surface area contributed by atoms with Crippen LogP contribution in [0.3, 0.4) is 0 Å². The average molecular weight is 544 g/mol. The molecule has 2 fully saturated rings. The first kappa shape index (κ1) is 28.5. The Balaban J connectivity index is 1.22. The molecule has 4 rings (SSSR count). The van der Waals surface area contributed by atoms with Crippen molar-refractivity contribution in [1.82, 2.24) is 14.5 Å². The predicted molar refractivity (Wildman–Crippen MR) is 147 cm³/mol. The van der Waals surface area contributed by atoms with Gasteiger partial charge in [-0.15, -0.1) is 0 Å². The summed E-state index contributed by atoms with van der Waals surface area (Å²) in [5.74, 6) is 1.03. The van der Waals surface area contributed by atoms with Crippen LogP contribution >= 0.6 is 0 Å². The highest BCUT2D eigenvalue weighted by atomic mass is 32.2. The minimum Gasteiger partial charge on any atom is -0.497 e. The molecule has 208 valence electrons. The summed E-state index contributed by atoms with van der Waals surface area (Å²) in [6.45, 7) is 0.600. The Labute approximate surface area is 227 Å². The van der Waals surface area contributed by atoms with Crippen LogP contribution in [0.2, 0.25) is 0 Å². The maximum absolute atomic E-state index is 13.2. The number of benzene rings is 2. The van der Waals surface area contributed by atoms with Gasteiger partial charge in [-0.1, -0.05) is 30.3 Å². The number of rotatable bonds is 11. The number of nitrogens with zero attached hydrogens (tertiary/aromatic N) is 2. The molecule has 0 bridgehead atoms. The van der Waals surface area contributed by atoms with Gasteiger partial charge in [0.25, 0.3) is 0 Å². The van der Waals surface area contributed by atoms with Crippen LogP contribution in [0.1, 0.15) is 50.1 Å². The molecule has 1 aliphatic carbocycles. The third-order valence-electron chi connectivity index (χ3n) is 7.81. The molecule has 8 nitrogen and oxygen atoms in total. The number of carbonyl (C=O) groups is 1. The monoisotopic (exact) mass is 543 g/mol. The number of amides is 1. The van der Waals surface area contributed by atoms with Crippen LogP contribution in [-0.2, 0) is 19.6 Å². The second kappa shape index (κ2) is 13.1. The average Bonchev–Trinajstić information content (AvgIpc) is 3.40. The summed E-state index contributed by atoms with van der Waals surface area (Å²) >= 11 is 0. The van der Waals surface area contributed by atoms with Crippen molar-refractivity contribution in [3.63, 3.8) is 0 Å². The molecule has 0 spiro atoms. The van der Waals surface area contributed by atoms with Gasteiger partial charge in [0.1, 0.15) is 12.4 Å². The molecule has 1 amide bonds. The van der Waals surface area contributed by atoms with E-state index in [2.05, 4.69) is 54.6 Å². The van der Waals surface area contributed by atoms with Gasteiger partial charge >= 0.3 is 0 Å². The largest absolute Gasteiger partial charge is 0.497 e. The molecular weight excluding hydrogens is 502 g/mol. The summed E-state index contributed by atoms with van der Waals surface area (Å²) in [4.78, 5) is 15.1. The maximum Gasteiger partial charge on any atom is 0.246 e. The van der Waals surface area contributed by atoms with E-state index in [1.807, 2.05) is 0 Å². The Hall–Kier alpha value is -2.46. The SMILES string of the molecule is COc1ccc(S(=O)(=O)N2CCCC2COCC(=O)NC2CCC(C(c3ccccc3)N(C)C)CC2)cc1. The Kier molecular flexibility index (Phi) is 9.81. The van der Waals surface area contributed by atoms with Gasteiger partial charge in [0.15, 0.2) is 0 Å². The van der Waals surface area contributed by atoms with Gasteiger partial charge in [0.05, 0.1) is 18.6 Å². The second-order valence-electron chi connectivity index (χ2n) is 10.6. The topological polar surface area (TPSA) is 88.2 Å². The fraction of sp³-hybridized carbons (Fsp3) is 0.552. The Morgan fingerprint density at radius 1 is 1.03 bits per heavy atom. The van der Waals surface area contributed by atoms with Crippen molar-refractivity contribution in [3.05, 3.63) is 60.2 Å². The predicted octanol–water partition coefficient (Wildman–Crippen LogP) is 3.84. The van der Waals surface area contributed by atoms with E-state index in [1.54, 1.807) is 31.4 Å². The van der Waals surface area contributed by atoms with Crippen molar-refractivity contribution in [2.45, 2.75) is 61.5 Å². The van der Waals surface area contributed by atoms with Crippen molar-refractivity contribution in [2.24, 2.45) is 5.92 Å². The van der Waals surface area contributed by atoms with Gasteiger partial charge in [-0.3, -0.25) is 4.79 Å². The van der Waals surface area contributed by atoms with Crippen LogP contribution < -0.4 is 10.1 Å². The quantitative estimate of drug-likeness (QED) is 0.463. The number of hydrogen-bond donors (Lipinski definition) is 1. The highest BCUT2D eigenvalue weighted by Gasteiger charge is 2.36. The van der Waals surface area contributed by atoms with E-state index < -0.39 is 10.0 Å². The highest BCUT2D eigenvalue weighted by Crippen LogP contribution is 2.37. The summed E-state index contributed by atoms with van der Waals surface area (Å²) in [6, 6.07) is 17.3. The molecular formula is C29H41N3O5S. The lowest BCUT2D eigenvalue weighted by Crippen LogP contribution is -2.42. The standard InChI is InChI=1S/C29H41N3O5S/c1-31(2)29(22-8-5-4-6-9-22)23-11-13-24(14-12-23)30-28(33)21-37-20-25-10-7-19-32(25)38(34,35)27-17-15-26(36-3)16-18-27/h4-6,8-9,15-18,23-25,29H,7,10-14,19-21H2,1-3H3,(H,30,33). The van der Waals surface area contributed by atoms with Crippen LogP contribution in [0.4, 0.5) is 0 Å². The molecule has 1 saturated heterocycles. The van der Waals surface area contributed by atoms with Crippen molar-refractivity contribution < 1.29 is 22.7 Å². The maximum atomic E-state index is 13.2. The van der Waals surface area contributed by atoms with E-state index >= 15 is 0 Å². The van der Waals surface area contributed by atoms with Crippen LogP contribution in [0.25, 0.3) is 0 Å². The summed E-state index contributed by atoms with van der Waals surface area (Å²) in [5, 5.41) is 3.13. The molecule has 38 heavy (non-hydrogen) atoms. The smallest absolute Gasteiger partial charge is 0.246 e. The third kappa shape index (κ3) is 6.94. The number of sulfonamides is 1. The minimum atomic E-state index is -3.63. The van der Waals surface area contributed by atoms with Crippen LogP contribution in [0, 0.1) is 5.92 Å². The summed E-state index contributed by atoms with van der Waals surface area (Å²) in [7, 11) is 2.19. The Bertz CT molecular complexity index is 1130. The molecule has 1 N–H and O–H groups in total. The molecule has 2 aliphatic rings. The van der Waals surface area contributed by atoms with E-state index in [1.165, 1.54) is 9.87 Å². The van der Waals surface area contributed by atoms with E-state index in [0.717, 1.165) is 38.5 Å². The molecule has 2 unspecified atom stereocenters. The first-order valence-electron chi connectivity index (χ1n) is 13.5. The van der Waals surface area contributed by atoms with Crippen molar-refractivity contribution >= 4 is 15.9 Å². The van der Waals surface area contributed by atoms with Gasteiger partial charge in [-0.2, -0.15) is 4.31 Å². The minimum absolute atomic E-state index is 0.0583. The molecule has 2 atom stereocenters. The van der Waals surface area contributed by atoms with Crippen molar-refractivity contribution in [1.29, 1.82) is 0 Å². The van der Waals surface area contributed by atoms with Crippen LogP contribution in [-0.4, -0.2) is 76.6 Å². The molecule has 9 heteroatoms. The summed E-state index contributed by atoms with van der Waals surface area (Å²) in [6.07, 6.45) is 5.51. The number of carbonyl (C=O) groups excluding carboxylic acids is 1. The van der Waals surface area contributed by atoms with Gasteiger partial charge in [0, 0.05) is 24.7 Å². The highest BCUT2D eigenvalue weighted by molar-refractivity contribution is 7.89. The number of methoxy groups -OCH3 is 1. The molecule has 1 heterocycles. The summed E-state index contributed by atoms with van der Waals surface area (Å²) < 4.78 is 38.7. The first-order chi connectivity index (χ1) is 18.3. The van der Waals surface area contributed by atoms with E-state index in [9.17, 15) is 13.2 Å². The number of nitrogens with one attached hydrogen (secondary N) is 1. The zero-order valence-corrected chi connectivity index (χ0v) is 23.5. The van der Waals surface area contributed by atoms with Crippen LogP contribution in [0.5, 0.6) is 5.75 Å². The number of hydrogen-bond acceptors (Lipinski definition) is 6. The molecule has 2 aromatic rings. The van der Waals surface area contributed by atoms with E-state index in [4.69, 9.17) is 9.47 Å². The van der Waals surface area contributed by atoms with Crippen molar-refractivity contribution in [3.8, 4) is 5.75 Å². The first-order valence-corrected chi connectivity index (χ1v) is 15.0. The lowest BCUT2D eigenvalue weighted by molar-refractivity contribution is -0.127. The molecule has 0 aromatic heterocycles. The lowest BCUT2D eigenvalue weighted by atomic mass is 9.78. The van der Waals surface area contributed by atoms with Gasteiger partial charge in [0.2, 0.25) is 15.9 Å². The van der Waals surface area contributed by atoms with Gasteiger partial charge in [-0.25, -0.2) is 8.42 Å². The lowest BCUT2D eigenvalue weighted by Gasteiger charge is -2.37.